The Morgan fingerprint density at radius 1 is 1.29 bits per heavy atom. The van der Waals surface area contributed by atoms with Crippen molar-refractivity contribution in [3.8, 4) is 0 Å². The normalized spacial score (nSPS) is 11.9. The van der Waals surface area contributed by atoms with E-state index in [0.29, 0.717) is 23.6 Å². The number of quaternary nitrogens is 1. The van der Waals surface area contributed by atoms with Gasteiger partial charge in [0.25, 0.3) is 0 Å². The summed E-state index contributed by atoms with van der Waals surface area (Å²) in [6.45, 7) is 1.47. The zero-order chi connectivity index (χ0) is 12.5. The molecule has 0 unspecified atom stereocenters. The van der Waals surface area contributed by atoms with Gasteiger partial charge in [0.2, 0.25) is 5.65 Å². The molecule has 0 spiro atoms. The highest BCUT2D eigenvalue weighted by atomic mass is 16.7. The molecule has 17 heavy (non-hydrogen) atoms. The summed E-state index contributed by atoms with van der Waals surface area (Å²) in [7, 11) is 6.32. The lowest BCUT2D eigenvalue weighted by molar-refractivity contribution is -0.870. The minimum atomic E-state index is 0.365. The minimum Gasteiger partial charge on any atom is -0.405 e. The molecule has 0 amide bonds. The van der Waals surface area contributed by atoms with Gasteiger partial charge >= 0.3 is 0 Å². The molecule has 0 saturated heterocycles. The summed E-state index contributed by atoms with van der Waals surface area (Å²) in [4.78, 5) is 17.7. The van der Waals surface area contributed by atoms with E-state index in [1.165, 1.54) is 11.1 Å². The number of aromatic nitrogens is 4. The monoisotopic (exact) mass is 237 g/mol. The first kappa shape index (κ1) is 11.6. The number of imidazole rings is 1. The fourth-order valence-corrected chi connectivity index (χ4v) is 1.34. The summed E-state index contributed by atoms with van der Waals surface area (Å²) < 4.78 is 2.37. The number of likely N-dealkylation sites (N-methyl/N-ethyl adjacent to an activating group) is 1. The van der Waals surface area contributed by atoms with E-state index in [0.717, 1.165) is 11.0 Å². The zero-order valence-corrected chi connectivity index (χ0v) is 10.3. The molecule has 0 aromatic carbocycles. The molecule has 0 aliphatic rings. The van der Waals surface area contributed by atoms with E-state index in [9.17, 15) is 0 Å². The van der Waals surface area contributed by atoms with Gasteiger partial charge < -0.3 is 15.1 Å². The zero-order valence-electron chi connectivity index (χ0n) is 10.3. The third kappa shape index (κ3) is 2.62. The van der Waals surface area contributed by atoms with E-state index in [-0.39, 0.29) is 0 Å². The van der Waals surface area contributed by atoms with Crippen LogP contribution in [0.3, 0.4) is 0 Å². The van der Waals surface area contributed by atoms with Gasteiger partial charge in [0.1, 0.15) is 19.2 Å². The van der Waals surface area contributed by atoms with Crippen molar-refractivity contribution in [3.63, 3.8) is 0 Å². The molecule has 2 N–H and O–H groups in total. The number of fused-ring (bicyclic) bond motifs is 1. The average Bonchev–Trinajstić information content (AvgIpc) is 2.61. The molecule has 7 heteroatoms. The summed E-state index contributed by atoms with van der Waals surface area (Å²) in [6, 6.07) is 0. The maximum Gasteiger partial charge on any atom is 0.201 e. The van der Waals surface area contributed by atoms with Crippen LogP contribution >= 0.6 is 0 Å². The van der Waals surface area contributed by atoms with Crippen molar-refractivity contribution in [2.24, 2.45) is 0 Å². The van der Waals surface area contributed by atoms with Crippen LogP contribution in [0, 0.1) is 0 Å². The second kappa shape index (κ2) is 4.17. The Balaban J connectivity index is 2.12. The lowest BCUT2D eigenvalue weighted by Gasteiger charge is -2.23. The minimum absolute atomic E-state index is 0.365. The van der Waals surface area contributed by atoms with Crippen molar-refractivity contribution in [1.82, 2.24) is 19.7 Å². The molecule has 2 rings (SSSR count). The maximum absolute atomic E-state index is 5.68. The summed E-state index contributed by atoms with van der Waals surface area (Å²) >= 11 is 0. The Bertz CT molecular complexity index is 515. The number of hydrogen-bond donors (Lipinski definition) is 1. The van der Waals surface area contributed by atoms with Crippen LogP contribution in [-0.4, -0.2) is 58.5 Å². The Morgan fingerprint density at radius 3 is 2.76 bits per heavy atom. The molecule has 0 fully saturated rings. The van der Waals surface area contributed by atoms with Crippen LogP contribution in [0.1, 0.15) is 0 Å². The molecule has 0 aliphatic heterocycles. The van der Waals surface area contributed by atoms with Gasteiger partial charge in [-0.05, 0) is 0 Å². The molecular formula is C10H17N6O+. The molecule has 92 valence electrons. The molecular weight excluding hydrogens is 220 g/mol. The highest BCUT2D eigenvalue weighted by Crippen LogP contribution is 2.12. The summed E-state index contributed by atoms with van der Waals surface area (Å²) in [5, 5.41) is 0. The van der Waals surface area contributed by atoms with Crippen molar-refractivity contribution in [2.45, 2.75) is 0 Å². The predicted octanol–water partition coefficient (Wildman–Crippen LogP) is -0.457. The van der Waals surface area contributed by atoms with Gasteiger partial charge in [0, 0.05) is 0 Å². The largest absolute Gasteiger partial charge is 0.405 e. The van der Waals surface area contributed by atoms with Crippen LogP contribution in [-0.2, 0) is 0 Å². The van der Waals surface area contributed by atoms with Crippen LogP contribution in [0.4, 0.5) is 5.82 Å². The SMILES string of the molecule is C[N+](C)(C)CCOn1cnc2c(N)ncnc21. The Labute approximate surface area is 99.4 Å². The maximum atomic E-state index is 5.68. The van der Waals surface area contributed by atoms with Gasteiger partial charge in [-0.1, -0.05) is 0 Å². The highest BCUT2D eigenvalue weighted by Gasteiger charge is 2.10. The molecule has 7 nitrogen and oxygen atoms in total. The number of anilines is 1. The summed E-state index contributed by atoms with van der Waals surface area (Å²) in [5.74, 6) is 0.365. The molecule has 2 aromatic heterocycles. The smallest absolute Gasteiger partial charge is 0.201 e. The molecule has 0 atom stereocenters. The van der Waals surface area contributed by atoms with E-state index >= 15 is 0 Å². The van der Waals surface area contributed by atoms with E-state index in [1.807, 2.05) is 0 Å². The lowest BCUT2D eigenvalue weighted by Crippen LogP contribution is -2.39. The van der Waals surface area contributed by atoms with Crippen LogP contribution in [0.2, 0.25) is 0 Å². The van der Waals surface area contributed by atoms with E-state index in [2.05, 4.69) is 36.1 Å². The summed E-state index contributed by atoms with van der Waals surface area (Å²) in [6.07, 6.45) is 2.96. The van der Waals surface area contributed by atoms with Gasteiger partial charge in [-0.3, -0.25) is 0 Å². The first-order valence-electron chi connectivity index (χ1n) is 5.35. The first-order chi connectivity index (χ1) is 7.97. The number of nitrogens with zero attached hydrogens (tertiary/aromatic N) is 5. The third-order valence-corrected chi connectivity index (χ3v) is 2.32. The fraction of sp³-hybridized carbons (Fsp3) is 0.500. The summed E-state index contributed by atoms with van der Waals surface area (Å²) in [5.41, 5.74) is 6.85. The molecule has 0 radical (unpaired) electrons. The Morgan fingerprint density at radius 2 is 2.06 bits per heavy atom. The van der Waals surface area contributed by atoms with Crippen LogP contribution in [0.5, 0.6) is 0 Å². The van der Waals surface area contributed by atoms with Crippen molar-refractivity contribution in [1.29, 1.82) is 0 Å². The average molecular weight is 237 g/mol. The third-order valence-electron chi connectivity index (χ3n) is 2.32. The van der Waals surface area contributed by atoms with Gasteiger partial charge in [0.15, 0.2) is 17.9 Å². The van der Waals surface area contributed by atoms with E-state index in [4.69, 9.17) is 10.6 Å². The second-order valence-electron chi connectivity index (χ2n) is 4.85. The molecule has 2 aromatic rings. The van der Waals surface area contributed by atoms with Crippen LogP contribution < -0.4 is 10.6 Å². The van der Waals surface area contributed by atoms with Gasteiger partial charge in [-0.25, -0.2) is 15.0 Å². The quantitative estimate of drug-likeness (QED) is 0.728. The van der Waals surface area contributed by atoms with Crippen molar-refractivity contribution in [2.75, 3.05) is 40.0 Å². The van der Waals surface area contributed by atoms with E-state index < -0.39 is 0 Å². The van der Waals surface area contributed by atoms with Crippen LogP contribution in [0.25, 0.3) is 11.2 Å². The molecule has 0 saturated carbocycles. The van der Waals surface area contributed by atoms with Crippen molar-refractivity contribution < 1.29 is 9.32 Å². The number of rotatable bonds is 4. The predicted molar refractivity (Wildman–Crippen MR) is 64.1 cm³/mol. The Hall–Kier alpha value is -1.89. The standard InChI is InChI=1S/C10H17N6O/c1-16(2,3)4-5-17-15-7-14-8-9(11)12-6-13-10(8)15/h6-7H,4-5H2,1-3H3,(H2,11,12,13)/q+1. The van der Waals surface area contributed by atoms with Crippen molar-refractivity contribution >= 4 is 17.0 Å². The van der Waals surface area contributed by atoms with E-state index in [1.54, 1.807) is 6.33 Å². The van der Waals surface area contributed by atoms with Gasteiger partial charge in [0.05, 0.1) is 21.1 Å². The topological polar surface area (TPSA) is 78.9 Å². The van der Waals surface area contributed by atoms with Gasteiger partial charge in [-0.2, -0.15) is 4.73 Å². The molecule has 2 heterocycles. The Kier molecular flexibility index (Phi) is 2.84. The first-order valence-corrected chi connectivity index (χ1v) is 5.35. The molecule has 0 bridgehead atoms. The van der Waals surface area contributed by atoms with Gasteiger partial charge in [-0.15, -0.1) is 0 Å². The lowest BCUT2D eigenvalue weighted by atomic mass is 10.5. The second-order valence-corrected chi connectivity index (χ2v) is 4.85. The number of nitrogens with two attached hydrogens (primary N) is 1. The molecule has 0 aliphatic carbocycles. The van der Waals surface area contributed by atoms with Crippen molar-refractivity contribution in [3.05, 3.63) is 12.7 Å². The fourth-order valence-electron chi connectivity index (χ4n) is 1.34. The number of hydrogen-bond acceptors (Lipinski definition) is 5. The number of nitrogen functional groups attached to an aromatic ring is 1. The van der Waals surface area contributed by atoms with Crippen LogP contribution in [0.15, 0.2) is 12.7 Å². The highest BCUT2D eigenvalue weighted by molar-refractivity contribution is 5.80.